The molecule has 1 unspecified atom stereocenters. The minimum absolute atomic E-state index is 0.247. The zero-order chi connectivity index (χ0) is 18.6. The van der Waals surface area contributed by atoms with Crippen LogP contribution in [0.1, 0.15) is 18.4 Å². The molecule has 140 valence electrons. The maximum absolute atomic E-state index is 6.27. The Bertz CT molecular complexity index is 910. The number of halogens is 1. The summed E-state index contributed by atoms with van der Waals surface area (Å²) in [4.78, 5) is 12.9. The van der Waals surface area contributed by atoms with Crippen LogP contribution < -0.4 is 10.6 Å². The SMILES string of the molecule is Cc1cnc(Nc2ccc(Cl)c(-c3cnco3)c2)nc1NCC1CCCO1. The van der Waals surface area contributed by atoms with Crippen LogP contribution in [-0.2, 0) is 4.74 Å². The van der Waals surface area contributed by atoms with Crippen molar-refractivity contribution in [3.8, 4) is 11.3 Å². The minimum Gasteiger partial charge on any atom is -0.443 e. The first kappa shape index (κ1) is 17.8. The molecule has 0 amide bonds. The molecule has 0 saturated carbocycles. The summed E-state index contributed by atoms with van der Waals surface area (Å²) in [5, 5.41) is 7.16. The van der Waals surface area contributed by atoms with E-state index in [1.165, 1.54) is 6.39 Å². The van der Waals surface area contributed by atoms with E-state index >= 15 is 0 Å². The smallest absolute Gasteiger partial charge is 0.229 e. The van der Waals surface area contributed by atoms with Crippen molar-refractivity contribution < 1.29 is 9.15 Å². The van der Waals surface area contributed by atoms with Crippen molar-refractivity contribution in [3.63, 3.8) is 0 Å². The molecule has 2 N–H and O–H groups in total. The molecule has 0 aliphatic carbocycles. The molecular formula is C19H20ClN5O2. The number of hydrogen-bond acceptors (Lipinski definition) is 7. The van der Waals surface area contributed by atoms with Crippen LogP contribution in [-0.4, -0.2) is 34.2 Å². The zero-order valence-corrected chi connectivity index (χ0v) is 15.7. The highest BCUT2D eigenvalue weighted by Crippen LogP contribution is 2.31. The van der Waals surface area contributed by atoms with Gasteiger partial charge in [0.2, 0.25) is 5.95 Å². The molecule has 8 heteroatoms. The van der Waals surface area contributed by atoms with Crippen LogP contribution in [0.25, 0.3) is 11.3 Å². The Hall–Kier alpha value is -2.64. The van der Waals surface area contributed by atoms with Gasteiger partial charge in [0.25, 0.3) is 0 Å². The number of oxazole rings is 1. The second-order valence-electron chi connectivity index (χ2n) is 6.43. The first-order chi connectivity index (χ1) is 13.2. The summed E-state index contributed by atoms with van der Waals surface area (Å²) >= 11 is 6.27. The van der Waals surface area contributed by atoms with Crippen molar-refractivity contribution in [2.45, 2.75) is 25.9 Å². The van der Waals surface area contributed by atoms with Crippen molar-refractivity contribution in [1.82, 2.24) is 15.0 Å². The Morgan fingerprint density at radius 3 is 3.00 bits per heavy atom. The molecule has 7 nitrogen and oxygen atoms in total. The fraction of sp³-hybridized carbons (Fsp3) is 0.316. The summed E-state index contributed by atoms with van der Waals surface area (Å²) in [6, 6.07) is 5.54. The number of benzene rings is 1. The predicted molar refractivity (Wildman–Crippen MR) is 104 cm³/mol. The van der Waals surface area contributed by atoms with Gasteiger partial charge >= 0.3 is 0 Å². The van der Waals surface area contributed by atoms with Gasteiger partial charge in [0.05, 0.1) is 17.3 Å². The van der Waals surface area contributed by atoms with Crippen molar-refractivity contribution in [3.05, 3.63) is 47.6 Å². The van der Waals surface area contributed by atoms with Crippen LogP contribution in [0.2, 0.25) is 5.02 Å². The van der Waals surface area contributed by atoms with Gasteiger partial charge in [0.1, 0.15) is 5.82 Å². The van der Waals surface area contributed by atoms with Crippen LogP contribution in [0.4, 0.5) is 17.5 Å². The number of ether oxygens (including phenoxy) is 1. The van der Waals surface area contributed by atoms with E-state index in [1.807, 2.05) is 19.1 Å². The summed E-state index contributed by atoms with van der Waals surface area (Å²) in [7, 11) is 0. The Balaban J connectivity index is 1.50. The molecule has 4 rings (SSSR count). The summed E-state index contributed by atoms with van der Waals surface area (Å²) < 4.78 is 11.0. The lowest BCUT2D eigenvalue weighted by atomic mass is 10.1. The van der Waals surface area contributed by atoms with Gasteiger partial charge in [-0.15, -0.1) is 0 Å². The van der Waals surface area contributed by atoms with Gasteiger partial charge in [0, 0.05) is 36.2 Å². The molecule has 1 atom stereocenters. The highest BCUT2D eigenvalue weighted by atomic mass is 35.5. The summed E-state index contributed by atoms with van der Waals surface area (Å²) in [5.41, 5.74) is 2.54. The average Bonchev–Trinajstić information content (AvgIpc) is 3.37. The van der Waals surface area contributed by atoms with Gasteiger partial charge in [-0.25, -0.2) is 9.97 Å². The molecule has 0 radical (unpaired) electrons. The van der Waals surface area contributed by atoms with E-state index in [4.69, 9.17) is 20.8 Å². The second-order valence-corrected chi connectivity index (χ2v) is 6.83. The number of aromatic nitrogens is 3. The quantitative estimate of drug-likeness (QED) is 0.649. The largest absolute Gasteiger partial charge is 0.443 e. The van der Waals surface area contributed by atoms with Gasteiger partial charge in [-0.1, -0.05) is 11.6 Å². The molecule has 1 aliphatic heterocycles. The Morgan fingerprint density at radius 2 is 2.22 bits per heavy atom. The standard InChI is InChI=1S/C19H20ClN5O2/c1-12-8-23-19(25-18(12)22-9-14-3-2-6-26-14)24-13-4-5-16(20)15(7-13)17-10-21-11-27-17/h4-5,7-8,10-11,14H,2-3,6,9H2,1H3,(H2,22,23,24,25). The summed E-state index contributed by atoms with van der Waals surface area (Å²) in [6.07, 6.45) is 7.24. The van der Waals surface area contributed by atoms with E-state index < -0.39 is 0 Å². The van der Waals surface area contributed by atoms with Crippen molar-refractivity contribution >= 4 is 29.1 Å². The third kappa shape index (κ3) is 4.20. The van der Waals surface area contributed by atoms with Crippen LogP contribution in [0, 0.1) is 6.92 Å². The Morgan fingerprint density at radius 1 is 1.30 bits per heavy atom. The van der Waals surface area contributed by atoms with Gasteiger partial charge in [0.15, 0.2) is 12.2 Å². The number of anilines is 3. The number of aryl methyl sites for hydroxylation is 1. The molecule has 0 bridgehead atoms. The fourth-order valence-electron chi connectivity index (χ4n) is 2.97. The normalized spacial score (nSPS) is 16.4. The number of nitrogens with zero attached hydrogens (tertiary/aromatic N) is 3. The number of nitrogens with one attached hydrogen (secondary N) is 2. The molecule has 27 heavy (non-hydrogen) atoms. The monoisotopic (exact) mass is 385 g/mol. The van der Waals surface area contributed by atoms with Gasteiger partial charge < -0.3 is 19.8 Å². The van der Waals surface area contributed by atoms with E-state index in [-0.39, 0.29) is 6.10 Å². The first-order valence-corrected chi connectivity index (χ1v) is 9.21. The zero-order valence-electron chi connectivity index (χ0n) is 14.9. The molecule has 0 spiro atoms. The van der Waals surface area contributed by atoms with E-state index in [0.29, 0.717) is 16.7 Å². The van der Waals surface area contributed by atoms with Crippen LogP contribution in [0.5, 0.6) is 0 Å². The average molecular weight is 386 g/mol. The lowest BCUT2D eigenvalue weighted by molar-refractivity contribution is 0.120. The fourth-order valence-corrected chi connectivity index (χ4v) is 3.18. The van der Waals surface area contributed by atoms with Crippen molar-refractivity contribution in [2.24, 2.45) is 0 Å². The van der Waals surface area contributed by atoms with Gasteiger partial charge in [-0.3, -0.25) is 0 Å². The van der Waals surface area contributed by atoms with Crippen LogP contribution >= 0.6 is 11.6 Å². The second kappa shape index (κ2) is 7.94. The lowest BCUT2D eigenvalue weighted by Crippen LogP contribution is -2.19. The number of rotatable bonds is 6. The van der Waals surface area contributed by atoms with Crippen LogP contribution in [0.15, 0.2) is 41.4 Å². The molecule has 1 fully saturated rings. The van der Waals surface area contributed by atoms with Crippen molar-refractivity contribution in [2.75, 3.05) is 23.8 Å². The van der Waals surface area contributed by atoms with E-state index in [9.17, 15) is 0 Å². The summed E-state index contributed by atoms with van der Waals surface area (Å²) in [6.45, 7) is 3.56. The maximum atomic E-state index is 6.27. The van der Waals surface area contributed by atoms with E-state index in [1.54, 1.807) is 18.5 Å². The van der Waals surface area contributed by atoms with E-state index in [2.05, 4.69) is 25.6 Å². The first-order valence-electron chi connectivity index (χ1n) is 8.83. The molecule has 1 saturated heterocycles. The highest BCUT2D eigenvalue weighted by Gasteiger charge is 2.16. The Kier molecular flexibility index (Phi) is 5.22. The molecule has 3 aromatic rings. The highest BCUT2D eigenvalue weighted by molar-refractivity contribution is 6.33. The van der Waals surface area contributed by atoms with Gasteiger partial charge in [-0.05, 0) is 38.0 Å². The molecular weight excluding hydrogens is 366 g/mol. The summed E-state index contributed by atoms with van der Waals surface area (Å²) in [5.74, 6) is 1.90. The molecule has 1 aliphatic rings. The Labute approximate surface area is 162 Å². The van der Waals surface area contributed by atoms with Crippen molar-refractivity contribution in [1.29, 1.82) is 0 Å². The predicted octanol–water partition coefficient (Wildman–Crippen LogP) is 4.43. The molecule has 1 aromatic carbocycles. The van der Waals surface area contributed by atoms with Crippen LogP contribution in [0.3, 0.4) is 0 Å². The number of hydrogen-bond donors (Lipinski definition) is 2. The third-order valence-electron chi connectivity index (χ3n) is 4.41. The third-order valence-corrected chi connectivity index (χ3v) is 4.74. The topological polar surface area (TPSA) is 85.1 Å². The maximum Gasteiger partial charge on any atom is 0.229 e. The molecule has 2 aromatic heterocycles. The minimum atomic E-state index is 0.247. The lowest BCUT2D eigenvalue weighted by Gasteiger charge is -2.14. The van der Waals surface area contributed by atoms with E-state index in [0.717, 1.165) is 48.6 Å². The molecule has 3 heterocycles. The van der Waals surface area contributed by atoms with Gasteiger partial charge in [-0.2, -0.15) is 4.98 Å².